The summed E-state index contributed by atoms with van der Waals surface area (Å²) in [5.74, 6) is -0.137. The summed E-state index contributed by atoms with van der Waals surface area (Å²) < 4.78 is 29.0. The lowest BCUT2D eigenvalue weighted by molar-refractivity contribution is 0.226. The Labute approximate surface area is 119 Å². The van der Waals surface area contributed by atoms with E-state index in [0.717, 1.165) is 0 Å². The molecule has 0 saturated heterocycles. The molecule has 4 nitrogen and oxygen atoms in total. The number of hydrogen-bond acceptors (Lipinski definition) is 3. The molecule has 0 aromatic rings. The fraction of sp³-hybridized carbons (Fsp3) is 0.846. The molecular formula is C13H29NO3SSi. The number of sulfonamides is 1. The molecule has 0 aromatic carbocycles. The van der Waals surface area contributed by atoms with E-state index < -0.39 is 23.6 Å². The normalized spacial score (nSPS) is 17.0. The first-order valence-electron chi connectivity index (χ1n) is 6.59. The molecule has 0 aliphatic carbocycles. The highest BCUT2D eigenvalue weighted by molar-refractivity contribution is 7.89. The molecule has 19 heavy (non-hydrogen) atoms. The molecule has 2 atom stereocenters. The van der Waals surface area contributed by atoms with E-state index in [1.807, 2.05) is 0 Å². The van der Waals surface area contributed by atoms with E-state index in [2.05, 4.69) is 40.4 Å². The molecule has 0 fully saturated rings. The topological polar surface area (TPSA) is 69.4 Å². The summed E-state index contributed by atoms with van der Waals surface area (Å²) in [6.45, 7) is 16.5. The van der Waals surface area contributed by atoms with Crippen LogP contribution in [0.1, 0.15) is 34.1 Å². The minimum absolute atomic E-state index is 0.108. The zero-order valence-electron chi connectivity index (χ0n) is 13.1. The summed E-state index contributed by atoms with van der Waals surface area (Å²) in [6.07, 6.45) is 2.31. The van der Waals surface area contributed by atoms with Crippen LogP contribution < -0.4 is 5.14 Å². The Bertz CT molecular complexity index is 399. The third kappa shape index (κ3) is 5.77. The van der Waals surface area contributed by atoms with Crippen LogP contribution in [0.15, 0.2) is 12.7 Å². The van der Waals surface area contributed by atoms with Crippen LogP contribution in [0.25, 0.3) is 0 Å². The van der Waals surface area contributed by atoms with Gasteiger partial charge in [0.25, 0.3) is 0 Å². The first kappa shape index (κ1) is 18.8. The maximum absolute atomic E-state index is 11.5. The molecule has 0 saturated carbocycles. The van der Waals surface area contributed by atoms with Crippen LogP contribution in [0.3, 0.4) is 0 Å². The molecule has 0 aromatic heterocycles. The number of hydrogen-bond donors (Lipinski definition) is 1. The average Bonchev–Trinajstić information content (AvgIpc) is 2.20. The molecule has 114 valence electrons. The lowest BCUT2D eigenvalue weighted by Gasteiger charge is -2.37. The van der Waals surface area contributed by atoms with Gasteiger partial charge >= 0.3 is 0 Å². The maximum atomic E-state index is 11.5. The second-order valence-electron chi connectivity index (χ2n) is 6.65. The van der Waals surface area contributed by atoms with Gasteiger partial charge in [-0.1, -0.05) is 26.8 Å². The van der Waals surface area contributed by atoms with Crippen molar-refractivity contribution < 1.29 is 12.8 Å². The third-order valence-corrected chi connectivity index (χ3v) is 10.0. The van der Waals surface area contributed by atoms with Gasteiger partial charge in [0, 0.05) is 12.5 Å². The van der Waals surface area contributed by atoms with Crippen LogP contribution in [0.4, 0.5) is 0 Å². The molecule has 6 heteroatoms. The fourth-order valence-corrected chi connectivity index (χ4v) is 3.20. The number of primary sulfonamides is 1. The molecule has 0 radical (unpaired) electrons. The summed E-state index contributed by atoms with van der Waals surface area (Å²) in [5.41, 5.74) is 0. The number of nitrogens with two attached hydrogens (primary N) is 1. The lowest BCUT2D eigenvalue weighted by atomic mass is 10.0. The van der Waals surface area contributed by atoms with Gasteiger partial charge in [-0.05, 0) is 31.5 Å². The molecule has 0 aliphatic heterocycles. The quantitative estimate of drug-likeness (QED) is 0.581. The van der Waals surface area contributed by atoms with Crippen LogP contribution >= 0.6 is 0 Å². The minimum Gasteiger partial charge on any atom is -0.416 e. The highest BCUT2D eigenvalue weighted by Gasteiger charge is 2.38. The monoisotopic (exact) mass is 307 g/mol. The highest BCUT2D eigenvalue weighted by atomic mass is 32.2. The van der Waals surface area contributed by atoms with Crippen LogP contribution in [0.2, 0.25) is 18.1 Å². The van der Waals surface area contributed by atoms with Gasteiger partial charge in [-0.2, -0.15) is 0 Å². The van der Waals surface area contributed by atoms with E-state index in [1.165, 1.54) is 0 Å². The van der Waals surface area contributed by atoms with Crippen LogP contribution in [0, 0.1) is 5.92 Å². The molecule has 0 bridgehead atoms. The van der Waals surface area contributed by atoms with Crippen molar-refractivity contribution in [3.63, 3.8) is 0 Å². The molecule has 0 heterocycles. The third-order valence-electron chi connectivity index (χ3n) is 4.12. The van der Waals surface area contributed by atoms with Gasteiger partial charge in [0.15, 0.2) is 8.32 Å². The SMILES string of the molecule is C=CCC(CO[Si](C)(C)C(C)(C)C)C(C)S(N)(=O)=O. The van der Waals surface area contributed by atoms with E-state index in [9.17, 15) is 8.42 Å². The number of allylic oxidation sites excluding steroid dienone is 1. The predicted molar refractivity (Wildman–Crippen MR) is 84.0 cm³/mol. The van der Waals surface area contributed by atoms with E-state index in [-0.39, 0.29) is 11.0 Å². The Morgan fingerprint density at radius 3 is 2.16 bits per heavy atom. The van der Waals surface area contributed by atoms with Crippen molar-refractivity contribution >= 4 is 18.3 Å². The zero-order chi connectivity index (χ0) is 15.5. The first-order chi connectivity index (χ1) is 8.33. The molecule has 2 N–H and O–H groups in total. The maximum Gasteiger partial charge on any atom is 0.212 e. The molecule has 0 aliphatic rings. The lowest BCUT2D eigenvalue weighted by Crippen LogP contribution is -2.44. The Hall–Kier alpha value is -0.173. The van der Waals surface area contributed by atoms with Gasteiger partial charge in [-0.25, -0.2) is 13.6 Å². The van der Waals surface area contributed by atoms with Crippen molar-refractivity contribution in [2.45, 2.75) is 57.5 Å². The van der Waals surface area contributed by atoms with E-state index in [0.29, 0.717) is 13.0 Å². The van der Waals surface area contributed by atoms with E-state index >= 15 is 0 Å². The van der Waals surface area contributed by atoms with E-state index in [4.69, 9.17) is 9.56 Å². The Balaban J connectivity index is 4.85. The predicted octanol–water partition coefficient (Wildman–Crippen LogP) is 2.88. The van der Waals surface area contributed by atoms with Gasteiger partial charge in [-0.15, -0.1) is 6.58 Å². The fourth-order valence-electron chi connectivity index (χ4n) is 1.41. The molecule has 0 amide bonds. The van der Waals surface area contributed by atoms with Crippen LogP contribution in [-0.2, 0) is 14.4 Å². The van der Waals surface area contributed by atoms with E-state index in [1.54, 1.807) is 13.0 Å². The van der Waals surface area contributed by atoms with Gasteiger partial charge < -0.3 is 4.43 Å². The molecular weight excluding hydrogens is 278 g/mol. The van der Waals surface area contributed by atoms with Crippen molar-refractivity contribution in [1.29, 1.82) is 0 Å². The van der Waals surface area contributed by atoms with Crippen molar-refractivity contribution in [2.24, 2.45) is 11.1 Å². The Morgan fingerprint density at radius 1 is 1.37 bits per heavy atom. The van der Waals surface area contributed by atoms with Gasteiger partial charge in [-0.3, -0.25) is 0 Å². The van der Waals surface area contributed by atoms with Gasteiger partial charge in [0.2, 0.25) is 10.0 Å². The Kier molecular flexibility index (Phi) is 6.46. The van der Waals surface area contributed by atoms with Crippen molar-refractivity contribution in [1.82, 2.24) is 0 Å². The molecule has 2 unspecified atom stereocenters. The summed E-state index contributed by atoms with van der Waals surface area (Å²) in [6, 6.07) is 0. The minimum atomic E-state index is -3.54. The van der Waals surface area contributed by atoms with Gasteiger partial charge in [0.05, 0.1) is 5.25 Å². The second-order valence-corrected chi connectivity index (χ2v) is 13.4. The molecule has 0 rings (SSSR count). The Morgan fingerprint density at radius 2 is 1.84 bits per heavy atom. The highest BCUT2D eigenvalue weighted by Crippen LogP contribution is 2.37. The molecule has 0 spiro atoms. The van der Waals surface area contributed by atoms with Crippen molar-refractivity contribution in [3.8, 4) is 0 Å². The van der Waals surface area contributed by atoms with Crippen LogP contribution in [0.5, 0.6) is 0 Å². The van der Waals surface area contributed by atoms with Crippen LogP contribution in [-0.4, -0.2) is 28.6 Å². The summed E-state index contributed by atoms with van der Waals surface area (Å²) in [5, 5.41) is 4.72. The van der Waals surface area contributed by atoms with Crippen molar-refractivity contribution in [2.75, 3.05) is 6.61 Å². The smallest absolute Gasteiger partial charge is 0.212 e. The average molecular weight is 308 g/mol. The van der Waals surface area contributed by atoms with Crippen molar-refractivity contribution in [3.05, 3.63) is 12.7 Å². The summed E-state index contributed by atoms with van der Waals surface area (Å²) in [4.78, 5) is 0. The zero-order valence-corrected chi connectivity index (χ0v) is 14.9. The summed E-state index contributed by atoms with van der Waals surface area (Å²) in [7, 11) is -5.41. The second kappa shape index (κ2) is 6.52. The standard InChI is InChI=1S/C13H29NO3SSi/c1-8-9-12(11(2)18(14,15)16)10-17-19(6,7)13(3,4)5/h8,11-12H,1,9-10H2,2-7H3,(H2,14,15,16). The van der Waals surface area contributed by atoms with Gasteiger partial charge in [0.1, 0.15) is 0 Å². The number of rotatable bonds is 7. The first-order valence-corrected chi connectivity index (χ1v) is 11.1. The summed E-state index contributed by atoms with van der Waals surface area (Å²) >= 11 is 0. The largest absolute Gasteiger partial charge is 0.416 e.